The first-order chi connectivity index (χ1) is 11.7. The second-order valence-electron chi connectivity index (χ2n) is 6.33. The van der Waals surface area contributed by atoms with E-state index in [0.717, 1.165) is 6.07 Å². The van der Waals surface area contributed by atoms with Gasteiger partial charge in [-0.3, -0.25) is 0 Å². The van der Waals surface area contributed by atoms with Crippen LogP contribution >= 0.6 is 0 Å². The Morgan fingerprint density at radius 3 is 2.60 bits per heavy atom. The number of methoxy groups -OCH3 is 1. The van der Waals surface area contributed by atoms with Gasteiger partial charge in [-0.05, 0) is 32.9 Å². The molecule has 0 spiro atoms. The highest BCUT2D eigenvalue weighted by molar-refractivity contribution is 5.89. The molecule has 134 valence electrons. The summed E-state index contributed by atoms with van der Waals surface area (Å²) in [6.07, 6.45) is -0.652. The Hall–Kier alpha value is -2.82. The van der Waals surface area contributed by atoms with E-state index >= 15 is 0 Å². The van der Waals surface area contributed by atoms with Crippen molar-refractivity contribution < 1.29 is 23.0 Å². The van der Waals surface area contributed by atoms with Crippen LogP contribution in [0, 0.1) is 23.0 Å². The zero-order valence-corrected chi connectivity index (χ0v) is 14.4. The molecule has 2 aromatic rings. The van der Waals surface area contributed by atoms with Crippen LogP contribution in [0.15, 0.2) is 12.1 Å². The first-order valence-electron chi connectivity index (χ1n) is 7.60. The van der Waals surface area contributed by atoms with Crippen molar-refractivity contribution >= 4 is 17.0 Å². The Kier molecular flexibility index (Phi) is 5.16. The molecule has 6 nitrogen and oxygen atoms in total. The minimum absolute atomic E-state index is 0.00730. The lowest BCUT2D eigenvalue weighted by atomic mass is 10.2. The maximum atomic E-state index is 14.5. The van der Waals surface area contributed by atoms with E-state index in [0.29, 0.717) is 0 Å². The highest BCUT2D eigenvalue weighted by atomic mass is 19.1. The molecule has 0 aliphatic heterocycles. The number of carbonyl (C=O) groups excluding carboxylic acids is 1. The number of benzene rings is 1. The number of carbonyl (C=O) groups is 1. The first kappa shape index (κ1) is 18.5. The van der Waals surface area contributed by atoms with Crippen molar-refractivity contribution in [2.45, 2.75) is 32.9 Å². The lowest BCUT2D eigenvalue weighted by Gasteiger charge is -2.19. The van der Waals surface area contributed by atoms with Crippen LogP contribution in [0.25, 0.3) is 10.9 Å². The second-order valence-corrected chi connectivity index (χ2v) is 6.33. The summed E-state index contributed by atoms with van der Waals surface area (Å²) >= 11 is 0. The van der Waals surface area contributed by atoms with Crippen LogP contribution < -0.4 is 10.1 Å². The van der Waals surface area contributed by atoms with Crippen LogP contribution in [0.3, 0.4) is 0 Å². The molecule has 0 saturated carbocycles. The minimum Gasteiger partial charge on any atom is -0.496 e. The lowest BCUT2D eigenvalue weighted by Crippen LogP contribution is -2.34. The molecule has 0 bridgehead atoms. The number of fused-ring (bicyclic) bond motifs is 1. The predicted molar refractivity (Wildman–Crippen MR) is 87.4 cm³/mol. The van der Waals surface area contributed by atoms with Gasteiger partial charge in [-0.1, -0.05) is 0 Å². The largest absolute Gasteiger partial charge is 0.496 e. The molecular weight excluding hydrogens is 332 g/mol. The van der Waals surface area contributed by atoms with Crippen LogP contribution in [0.5, 0.6) is 5.75 Å². The van der Waals surface area contributed by atoms with Gasteiger partial charge in [0.1, 0.15) is 23.2 Å². The third-order valence-electron chi connectivity index (χ3n) is 3.39. The molecule has 2 rings (SSSR count). The topological polar surface area (TPSA) is 76.3 Å². The number of rotatable bonds is 4. The first-order valence-corrected chi connectivity index (χ1v) is 7.60. The third-order valence-corrected chi connectivity index (χ3v) is 3.39. The van der Waals surface area contributed by atoms with Gasteiger partial charge in [0.15, 0.2) is 11.5 Å². The number of alkyl carbamates (subject to hydrolysis) is 1. The number of nitrogens with one attached hydrogen (secondary N) is 1. The summed E-state index contributed by atoms with van der Waals surface area (Å²) in [5.41, 5.74) is -1.07. The van der Waals surface area contributed by atoms with E-state index in [-0.39, 0.29) is 35.4 Å². The molecule has 1 amide bonds. The molecule has 0 aliphatic carbocycles. The van der Waals surface area contributed by atoms with E-state index in [9.17, 15) is 18.8 Å². The number of hydrogen-bond donors (Lipinski definition) is 1. The molecule has 25 heavy (non-hydrogen) atoms. The summed E-state index contributed by atoms with van der Waals surface area (Å²) < 4.78 is 40.1. The van der Waals surface area contributed by atoms with E-state index in [2.05, 4.69) is 5.32 Å². The van der Waals surface area contributed by atoms with Crippen molar-refractivity contribution in [2.24, 2.45) is 0 Å². The molecule has 0 saturated heterocycles. The summed E-state index contributed by atoms with van der Waals surface area (Å²) in [5, 5.41) is 11.6. The number of amides is 1. The van der Waals surface area contributed by atoms with Crippen molar-refractivity contribution in [3.05, 3.63) is 29.5 Å². The third kappa shape index (κ3) is 3.82. The number of halogens is 2. The molecule has 8 heteroatoms. The Morgan fingerprint density at radius 1 is 1.36 bits per heavy atom. The van der Waals surface area contributed by atoms with Gasteiger partial charge in [0.25, 0.3) is 0 Å². The fraction of sp³-hybridized carbons (Fsp3) is 0.412. The molecule has 0 atom stereocenters. The Bertz CT molecular complexity index is 848. The van der Waals surface area contributed by atoms with Crippen LogP contribution in [0.1, 0.15) is 26.5 Å². The fourth-order valence-electron chi connectivity index (χ4n) is 2.46. The van der Waals surface area contributed by atoms with Gasteiger partial charge in [0.2, 0.25) is 0 Å². The van der Waals surface area contributed by atoms with Crippen molar-refractivity contribution in [1.29, 1.82) is 5.26 Å². The quantitative estimate of drug-likeness (QED) is 0.917. The van der Waals surface area contributed by atoms with E-state index in [1.807, 2.05) is 0 Å². The molecule has 1 aromatic heterocycles. The molecule has 0 radical (unpaired) electrons. The van der Waals surface area contributed by atoms with Crippen molar-refractivity contribution in [3.8, 4) is 11.8 Å². The summed E-state index contributed by atoms with van der Waals surface area (Å²) in [5.74, 6) is -1.41. The number of hydrogen-bond acceptors (Lipinski definition) is 4. The average molecular weight is 351 g/mol. The Morgan fingerprint density at radius 2 is 2.04 bits per heavy atom. The molecular formula is C17H19F2N3O3. The van der Waals surface area contributed by atoms with E-state index in [1.54, 1.807) is 26.8 Å². The SMILES string of the molecule is COc1ccc(F)c2c1c(F)c(C#N)n2CCNC(=O)OC(C)(C)C. The van der Waals surface area contributed by atoms with Crippen LogP contribution in [-0.4, -0.2) is 29.9 Å². The lowest BCUT2D eigenvalue weighted by molar-refractivity contribution is 0.0526. The van der Waals surface area contributed by atoms with Gasteiger partial charge in [-0.25, -0.2) is 13.6 Å². The number of nitrogens with zero attached hydrogens (tertiary/aromatic N) is 2. The van der Waals surface area contributed by atoms with E-state index in [1.165, 1.54) is 17.7 Å². The summed E-state index contributed by atoms with van der Waals surface area (Å²) in [6, 6.07) is 4.17. The zero-order valence-electron chi connectivity index (χ0n) is 14.4. The van der Waals surface area contributed by atoms with Crippen molar-refractivity contribution in [3.63, 3.8) is 0 Å². The predicted octanol–water partition coefficient (Wildman–Crippen LogP) is 3.32. The maximum Gasteiger partial charge on any atom is 0.407 e. The number of nitriles is 1. The Balaban J connectivity index is 2.32. The smallest absolute Gasteiger partial charge is 0.407 e. The normalized spacial score (nSPS) is 11.2. The summed E-state index contributed by atoms with van der Waals surface area (Å²) in [6.45, 7) is 5.18. The van der Waals surface area contributed by atoms with Gasteiger partial charge in [-0.2, -0.15) is 5.26 Å². The molecule has 1 heterocycles. The van der Waals surface area contributed by atoms with Crippen LogP contribution in [-0.2, 0) is 11.3 Å². The molecule has 0 unspecified atom stereocenters. The zero-order chi connectivity index (χ0) is 18.8. The summed E-state index contributed by atoms with van der Waals surface area (Å²) in [7, 11) is 1.33. The van der Waals surface area contributed by atoms with Crippen LogP contribution in [0.4, 0.5) is 13.6 Å². The maximum absolute atomic E-state index is 14.5. The highest BCUT2D eigenvalue weighted by Crippen LogP contribution is 2.34. The number of ether oxygens (including phenoxy) is 2. The van der Waals surface area contributed by atoms with Gasteiger partial charge in [-0.15, -0.1) is 0 Å². The number of aromatic nitrogens is 1. The monoisotopic (exact) mass is 351 g/mol. The second kappa shape index (κ2) is 6.97. The molecule has 0 aliphatic rings. The van der Waals surface area contributed by atoms with Crippen molar-refractivity contribution in [1.82, 2.24) is 9.88 Å². The average Bonchev–Trinajstić information content (AvgIpc) is 2.79. The van der Waals surface area contributed by atoms with Crippen LogP contribution in [0.2, 0.25) is 0 Å². The highest BCUT2D eigenvalue weighted by Gasteiger charge is 2.23. The van der Waals surface area contributed by atoms with Gasteiger partial charge >= 0.3 is 6.09 Å². The standard InChI is InChI=1S/C17H19F2N3O3/c1-17(2,3)25-16(23)21-7-8-22-11(9-20)14(19)13-12(24-4)6-5-10(18)15(13)22/h5-6H,7-8H2,1-4H3,(H,21,23). The van der Waals surface area contributed by atoms with E-state index in [4.69, 9.17) is 9.47 Å². The Labute approximate surface area is 143 Å². The minimum atomic E-state index is -0.855. The molecule has 1 N–H and O–H groups in total. The summed E-state index contributed by atoms with van der Waals surface area (Å²) in [4.78, 5) is 11.7. The van der Waals surface area contributed by atoms with Gasteiger partial charge < -0.3 is 19.4 Å². The van der Waals surface area contributed by atoms with Gasteiger partial charge in [0.05, 0.1) is 18.0 Å². The molecule has 1 aromatic carbocycles. The molecule has 0 fully saturated rings. The van der Waals surface area contributed by atoms with Gasteiger partial charge in [0, 0.05) is 13.1 Å². The van der Waals surface area contributed by atoms with Crippen molar-refractivity contribution in [2.75, 3.05) is 13.7 Å². The fourth-order valence-corrected chi connectivity index (χ4v) is 2.46. The van der Waals surface area contributed by atoms with E-state index < -0.39 is 23.3 Å².